The van der Waals surface area contributed by atoms with Crippen molar-refractivity contribution in [3.63, 3.8) is 0 Å². The molecule has 19 heavy (non-hydrogen) atoms. The molecule has 1 rings (SSSR count). The molecule has 0 saturated carbocycles. The second-order valence-corrected chi connectivity index (χ2v) is 5.53. The molecule has 0 fully saturated rings. The van der Waals surface area contributed by atoms with Gasteiger partial charge in [0.15, 0.2) is 0 Å². The summed E-state index contributed by atoms with van der Waals surface area (Å²) in [5.41, 5.74) is 4.83. The number of carbonyl (C=O) groups excluding carboxylic acids is 1. The van der Waals surface area contributed by atoms with Gasteiger partial charge < -0.3 is 11.1 Å². The number of nitrogens with zero attached hydrogens (tertiary/aromatic N) is 3. The number of rotatable bonds is 7. The van der Waals surface area contributed by atoms with Gasteiger partial charge in [0.25, 0.3) is 0 Å². The number of nitrogens with one attached hydrogen (secondary N) is 1. The van der Waals surface area contributed by atoms with E-state index in [1.807, 2.05) is 39.3 Å². The van der Waals surface area contributed by atoms with Crippen molar-refractivity contribution in [3.05, 3.63) is 11.6 Å². The minimum atomic E-state index is -0.669. The summed E-state index contributed by atoms with van der Waals surface area (Å²) in [5, 5.41) is 7.55. The van der Waals surface area contributed by atoms with Gasteiger partial charge in [-0.15, -0.1) is 0 Å². The van der Waals surface area contributed by atoms with Gasteiger partial charge in [-0.25, -0.2) is 4.98 Å². The van der Waals surface area contributed by atoms with Crippen molar-refractivity contribution in [2.24, 2.45) is 5.73 Å². The average molecular weight is 267 g/mol. The monoisotopic (exact) mass is 267 g/mol. The summed E-state index contributed by atoms with van der Waals surface area (Å²) < 4.78 is 1.87. The molecule has 0 aliphatic rings. The van der Waals surface area contributed by atoms with E-state index in [0.29, 0.717) is 6.42 Å². The van der Waals surface area contributed by atoms with Crippen molar-refractivity contribution in [1.82, 2.24) is 20.1 Å². The third kappa shape index (κ3) is 4.31. The lowest BCUT2D eigenvalue weighted by Crippen LogP contribution is -2.55. The molecule has 1 aromatic rings. The van der Waals surface area contributed by atoms with Gasteiger partial charge in [-0.2, -0.15) is 5.10 Å². The maximum atomic E-state index is 11.6. The summed E-state index contributed by atoms with van der Waals surface area (Å²) in [7, 11) is 0. The summed E-state index contributed by atoms with van der Waals surface area (Å²) in [4.78, 5) is 15.8. The van der Waals surface area contributed by atoms with Gasteiger partial charge in [-0.05, 0) is 47.5 Å². The number of primary amides is 1. The van der Waals surface area contributed by atoms with Crippen molar-refractivity contribution in [1.29, 1.82) is 0 Å². The predicted octanol–water partition coefficient (Wildman–Crippen LogP) is 0.917. The first kappa shape index (κ1) is 15.6. The van der Waals surface area contributed by atoms with Crippen LogP contribution in [0.1, 0.15) is 45.3 Å². The Labute approximate surface area is 114 Å². The van der Waals surface area contributed by atoms with E-state index in [4.69, 9.17) is 5.73 Å². The van der Waals surface area contributed by atoms with Gasteiger partial charge in [0.2, 0.25) is 5.91 Å². The molecule has 0 aliphatic carbocycles. The lowest BCUT2D eigenvalue weighted by atomic mass is 9.94. The van der Waals surface area contributed by atoms with Crippen molar-refractivity contribution in [2.45, 2.75) is 65.6 Å². The molecule has 1 heterocycles. The SMILES string of the molecule is Cc1nc(C)n(CCCC(C)(NC(C)C)C(N)=O)n1. The summed E-state index contributed by atoms with van der Waals surface area (Å²) in [6, 6.07) is 0.216. The van der Waals surface area contributed by atoms with Crippen molar-refractivity contribution >= 4 is 5.91 Å². The van der Waals surface area contributed by atoms with Crippen LogP contribution < -0.4 is 11.1 Å². The Morgan fingerprint density at radius 1 is 1.47 bits per heavy atom. The molecule has 0 saturated heterocycles. The third-order valence-corrected chi connectivity index (χ3v) is 3.16. The van der Waals surface area contributed by atoms with Crippen LogP contribution in [0.25, 0.3) is 0 Å². The normalized spacial score (nSPS) is 14.6. The zero-order chi connectivity index (χ0) is 14.6. The third-order valence-electron chi connectivity index (χ3n) is 3.16. The molecule has 6 nitrogen and oxygen atoms in total. The van der Waals surface area contributed by atoms with Gasteiger partial charge >= 0.3 is 0 Å². The first-order valence-corrected chi connectivity index (χ1v) is 6.70. The Kier molecular flexibility index (Phi) is 5.05. The number of amides is 1. The molecule has 1 aromatic heterocycles. The highest BCUT2D eigenvalue weighted by Gasteiger charge is 2.30. The van der Waals surface area contributed by atoms with Gasteiger partial charge in [-0.1, -0.05) is 0 Å². The fourth-order valence-electron chi connectivity index (χ4n) is 2.26. The standard InChI is InChI=1S/C13H25N5O/c1-9(2)16-13(5,12(14)19)7-6-8-18-11(4)15-10(3)17-18/h9,16H,6-8H2,1-5H3,(H2,14,19). The Morgan fingerprint density at radius 2 is 2.11 bits per heavy atom. The molecule has 6 heteroatoms. The largest absolute Gasteiger partial charge is 0.368 e. The van der Waals surface area contributed by atoms with E-state index < -0.39 is 5.54 Å². The highest BCUT2D eigenvalue weighted by molar-refractivity contribution is 5.84. The molecule has 0 spiro atoms. The molecule has 0 radical (unpaired) electrons. The quantitative estimate of drug-likeness (QED) is 0.769. The van der Waals surface area contributed by atoms with E-state index in [9.17, 15) is 4.79 Å². The highest BCUT2D eigenvalue weighted by Crippen LogP contribution is 2.14. The van der Waals surface area contributed by atoms with Crippen LogP contribution in [0.15, 0.2) is 0 Å². The van der Waals surface area contributed by atoms with Crippen LogP contribution in [0, 0.1) is 13.8 Å². The van der Waals surface area contributed by atoms with Crippen molar-refractivity contribution in [2.75, 3.05) is 0 Å². The predicted molar refractivity (Wildman–Crippen MR) is 74.6 cm³/mol. The molecule has 1 atom stereocenters. The summed E-state index contributed by atoms with van der Waals surface area (Å²) in [6.45, 7) is 10.4. The van der Waals surface area contributed by atoms with E-state index in [0.717, 1.165) is 24.6 Å². The first-order valence-electron chi connectivity index (χ1n) is 6.70. The molecule has 1 amide bonds. The van der Waals surface area contributed by atoms with Crippen molar-refractivity contribution < 1.29 is 4.79 Å². The molecular formula is C13H25N5O. The average Bonchev–Trinajstić information content (AvgIpc) is 2.56. The smallest absolute Gasteiger partial charge is 0.237 e. The minimum absolute atomic E-state index is 0.216. The number of nitrogens with two attached hydrogens (primary N) is 1. The Bertz CT molecular complexity index is 440. The number of carbonyl (C=O) groups is 1. The fraction of sp³-hybridized carbons (Fsp3) is 0.769. The van der Waals surface area contributed by atoms with E-state index in [-0.39, 0.29) is 11.9 Å². The van der Waals surface area contributed by atoms with Crippen LogP contribution in [0.5, 0.6) is 0 Å². The number of aromatic nitrogens is 3. The summed E-state index contributed by atoms with van der Waals surface area (Å²) >= 11 is 0. The van der Waals surface area contributed by atoms with Crippen LogP contribution in [-0.2, 0) is 11.3 Å². The Morgan fingerprint density at radius 3 is 2.53 bits per heavy atom. The van der Waals surface area contributed by atoms with E-state index in [2.05, 4.69) is 15.4 Å². The maximum absolute atomic E-state index is 11.6. The van der Waals surface area contributed by atoms with Crippen LogP contribution in [0.2, 0.25) is 0 Å². The topological polar surface area (TPSA) is 85.8 Å². The molecule has 1 unspecified atom stereocenters. The summed E-state index contributed by atoms with van der Waals surface area (Å²) in [6.07, 6.45) is 1.50. The van der Waals surface area contributed by atoms with Gasteiger partial charge in [-0.3, -0.25) is 9.48 Å². The molecule has 0 aliphatic heterocycles. The van der Waals surface area contributed by atoms with Gasteiger partial charge in [0.05, 0.1) is 5.54 Å². The summed E-state index contributed by atoms with van der Waals surface area (Å²) in [5.74, 6) is 1.36. The molecular weight excluding hydrogens is 242 g/mol. The van der Waals surface area contributed by atoms with Crippen LogP contribution >= 0.6 is 0 Å². The molecule has 3 N–H and O–H groups in total. The highest BCUT2D eigenvalue weighted by atomic mass is 16.1. The Hall–Kier alpha value is -1.43. The first-order chi connectivity index (χ1) is 8.74. The van der Waals surface area contributed by atoms with Crippen LogP contribution in [0.3, 0.4) is 0 Å². The molecule has 0 bridgehead atoms. The van der Waals surface area contributed by atoms with Crippen molar-refractivity contribution in [3.8, 4) is 0 Å². The van der Waals surface area contributed by atoms with Gasteiger partial charge in [0, 0.05) is 12.6 Å². The molecule has 0 aromatic carbocycles. The lowest BCUT2D eigenvalue weighted by Gasteiger charge is -2.29. The zero-order valence-corrected chi connectivity index (χ0v) is 12.5. The molecule has 108 valence electrons. The number of hydrogen-bond donors (Lipinski definition) is 2. The van der Waals surface area contributed by atoms with E-state index in [1.54, 1.807) is 0 Å². The Balaban J connectivity index is 2.58. The fourth-order valence-corrected chi connectivity index (χ4v) is 2.26. The van der Waals surface area contributed by atoms with E-state index in [1.165, 1.54) is 0 Å². The zero-order valence-electron chi connectivity index (χ0n) is 12.5. The van der Waals surface area contributed by atoms with Crippen LogP contribution in [0.4, 0.5) is 0 Å². The lowest BCUT2D eigenvalue weighted by molar-refractivity contribution is -0.124. The van der Waals surface area contributed by atoms with E-state index >= 15 is 0 Å². The second kappa shape index (κ2) is 6.14. The second-order valence-electron chi connectivity index (χ2n) is 5.53. The minimum Gasteiger partial charge on any atom is -0.368 e. The van der Waals surface area contributed by atoms with Gasteiger partial charge in [0.1, 0.15) is 11.6 Å². The maximum Gasteiger partial charge on any atom is 0.237 e. The number of hydrogen-bond acceptors (Lipinski definition) is 4. The van der Waals surface area contributed by atoms with Crippen LogP contribution in [-0.4, -0.2) is 32.3 Å². The number of aryl methyl sites for hydroxylation is 3.